The van der Waals surface area contributed by atoms with Crippen molar-refractivity contribution in [1.82, 2.24) is 5.32 Å². The van der Waals surface area contributed by atoms with E-state index in [9.17, 15) is 14.4 Å². The molecule has 0 radical (unpaired) electrons. The summed E-state index contributed by atoms with van der Waals surface area (Å²) in [6.45, 7) is 6.23. The minimum absolute atomic E-state index is 0.0120. The van der Waals surface area contributed by atoms with Crippen molar-refractivity contribution in [3.05, 3.63) is 59.7 Å². The summed E-state index contributed by atoms with van der Waals surface area (Å²) in [6.07, 6.45) is 0. The second-order valence-corrected chi connectivity index (χ2v) is 6.65. The van der Waals surface area contributed by atoms with Crippen LogP contribution in [0.15, 0.2) is 48.5 Å². The number of nitrogen functional groups attached to an aromatic ring is 1. The number of anilines is 2. The van der Waals surface area contributed by atoms with Crippen molar-refractivity contribution >= 4 is 29.1 Å². The Morgan fingerprint density at radius 2 is 1.48 bits per heavy atom. The van der Waals surface area contributed by atoms with Gasteiger partial charge in [0.15, 0.2) is 0 Å². The first-order valence-corrected chi connectivity index (χ1v) is 7.80. The lowest BCUT2D eigenvalue weighted by molar-refractivity contribution is -0.135. The minimum atomic E-state index is -1.05. The van der Waals surface area contributed by atoms with E-state index < -0.39 is 17.7 Å². The van der Waals surface area contributed by atoms with Gasteiger partial charge in [0.05, 0.1) is 5.56 Å². The largest absolute Gasteiger partial charge is 0.398 e. The molecule has 0 atom stereocenters. The van der Waals surface area contributed by atoms with Crippen LogP contribution in [0.3, 0.4) is 0 Å². The molecule has 0 unspecified atom stereocenters. The maximum atomic E-state index is 12.0. The maximum Gasteiger partial charge on any atom is 0.316 e. The van der Waals surface area contributed by atoms with Gasteiger partial charge in [0.2, 0.25) is 0 Å². The van der Waals surface area contributed by atoms with Gasteiger partial charge in [0.1, 0.15) is 0 Å². The molecule has 0 saturated heterocycles. The molecule has 2 aromatic carbocycles. The van der Waals surface area contributed by atoms with E-state index in [0.29, 0.717) is 5.69 Å². The van der Waals surface area contributed by atoms with Crippen LogP contribution in [0, 0.1) is 0 Å². The number of carbonyl (C=O) groups is 3. The molecular formula is C19H21N3O3. The highest BCUT2D eigenvalue weighted by atomic mass is 16.2. The number of carbonyl (C=O) groups excluding carboxylic acids is 3. The average molecular weight is 339 g/mol. The molecular weight excluding hydrogens is 318 g/mol. The molecule has 0 aliphatic carbocycles. The molecule has 0 heterocycles. The molecule has 0 saturated carbocycles. The summed E-state index contributed by atoms with van der Waals surface area (Å²) in [4.78, 5) is 35.8. The fraction of sp³-hybridized carbons (Fsp3) is 0.211. The number of benzene rings is 2. The molecule has 6 heteroatoms. The van der Waals surface area contributed by atoms with Gasteiger partial charge in [0, 0.05) is 11.4 Å². The van der Waals surface area contributed by atoms with Gasteiger partial charge in [-0.25, -0.2) is 0 Å². The Hall–Kier alpha value is -3.15. The SMILES string of the molecule is CC(C)(C)c1ccc(NC(=O)C(=O)NC(=O)c2ccccc2N)cc1. The highest BCUT2D eigenvalue weighted by Crippen LogP contribution is 2.23. The van der Waals surface area contributed by atoms with Crippen molar-refractivity contribution in [2.75, 3.05) is 11.1 Å². The Morgan fingerprint density at radius 3 is 2.04 bits per heavy atom. The summed E-state index contributed by atoms with van der Waals surface area (Å²) >= 11 is 0. The fourth-order valence-corrected chi connectivity index (χ4v) is 2.17. The number of rotatable bonds is 2. The Morgan fingerprint density at radius 1 is 0.880 bits per heavy atom. The number of para-hydroxylation sites is 1. The first kappa shape index (κ1) is 18.2. The number of nitrogens with one attached hydrogen (secondary N) is 2. The second-order valence-electron chi connectivity index (χ2n) is 6.65. The first-order chi connectivity index (χ1) is 11.7. The first-order valence-electron chi connectivity index (χ1n) is 7.80. The van der Waals surface area contributed by atoms with Gasteiger partial charge in [-0.3, -0.25) is 19.7 Å². The number of imide groups is 1. The van der Waals surface area contributed by atoms with Crippen LogP contribution in [0.4, 0.5) is 11.4 Å². The van der Waals surface area contributed by atoms with Gasteiger partial charge < -0.3 is 11.1 Å². The van der Waals surface area contributed by atoms with Crippen LogP contribution >= 0.6 is 0 Å². The topological polar surface area (TPSA) is 101 Å². The fourth-order valence-electron chi connectivity index (χ4n) is 2.17. The Labute approximate surface area is 146 Å². The quantitative estimate of drug-likeness (QED) is 0.578. The van der Waals surface area contributed by atoms with Gasteiger partial charge >= 0.3 is 11.8 Å². The van der Waals surface area contributed by atoms with Gasteiger partial charge in [-0.15, -0.1) is 0 Å². The normalized spacial score (nSPS) is 10.8. The van der Waals surface area contributed by atoms with Crippen LogP contribution in [0.1, 0.15) is 36.7 Å². The van der Waals surface area contributed by atoms with Crippen LogP contribution in [0.5, 0.6) is 0 Å². The number of hydrogen-bond acceptors (Lipinski definition) is 4. The van der Waals surface area contributed by atoms with Crippen LogP contribution in [0.2, 0.25) is 0 Å². The molecule has 0 aromatic heterocycles. The van der Waals surface area contributed by atoms with Crippen molar-refractivity contribution < 1.29 is 14.4 Å². The molecule has 2 rings (SSSR count). The number of nitrogens with two attached hydrogens (primary N) is 1. The Kier molecular flexibility index (Phi) is 5.22. The van der Waals surface area contributed by atoms with E-state index in [-0.39, 0.29) is 16.7 Å². The third-order valence-corrected chi connectivity index (χ3v) is 3.65. The Bertz CT molecular complexity index is 805. The zero-order valence-electron chi connectivity index (χ0n) is 14.4. The zero-order valence-corrected chi connectivity index (χ0v) is 14.4. The minimum Gasteiger partial charge on any atom is -0.398 e. The lowest BCUT2D eigenvalue weighted by atomic mass is 9.87. The van der Waals surface area contributed by atoms with E-state index in [1.165, 1.54) is 12.1 Å². The summed E-state index contributed by atoms with van der Waals surface area (Å²) in [5, 5.41) is 4.48. The van der Waals surface area contributed by atoms with Crippen molar-refractivity contribution in [2.45, 2.75) is 26.2 Å². The van der Waals surface area contributed by atoms with Crippen LogP contribution < -0.4 is 16.4 Å². The lowest BCUT2D eigenvalue weighted by Gasteiger charge is -2.19. The predicted molar refractivity (Wildman–Crippen MR) is 97.1 cm³/mol. The molecule has 3 amide bonds. The van der Waals surface area contributed by atoms with Gasteiger partial charge in [-0.05, 0) is 35.2 Å². The predicted octanol–water partition coefficient (Wildman–Crippen LogP) is 2.46. The third-order valence-electron chi connectivity index (χ3n) is 3.65. The van der Waals surface area contributed by atoms with E-state index in [2.05, 4.69) is 26.1 Å². The van der Waals surface area contributed by atoms with Crippen LogP contribution in [-0.4, -0.2) is 17.7 Å². The molecule has 4 N–H and O–H groups in total. The molecule has 0 aliphatic heterocycles. The van der Waals surface area contributed by atoms with Gasteiger partial charge in [-0.1, -0.05) is 45.0 Å². The third kappa shape index (κ3) is 4.67. The number of hydrogen-bond donors (Lipinski definition) is 3. The highest BCUT2D eigenvalue weighted by Gasteiger charge is 2.19. The summed E-state index contributed by atoms with van der Waals surface area (Å²) in [5.41, 5.74) is 7.60. The highest BCUT2D eigenvalue weighted by molar-refractivity contribution is 6.42. The molecule has 0 bridgehead atoms. The van der Waals surface area contributed by atoms with Crippen molar-refractivity contribution in [2.24, 2.45) is 0 Å². The molecule has 130 valence electrons. The second kappa shape index (κ2) is 7.17. The van der Waals surface area contributed by atoms with Crippen LogP contribution in [0.25, 0.3) is 0 Å². The molecule has 6 nitrogen and oxygen atoms in total. The lowest BCUT2D eigenvalue weighted by Crippen LogP contribution is -2.39. The standard InChI is InChI=1S/C19H21N3O3/c1-19(2,3)12-8-10-13(11-9-12)21-17(24)18(25)22-16(23)14-6-4-5-7-15(14)20/h4-11H,20H2,1-3H3,(H,21,24)(H,22,23,25). The smallest absolute Gasteiger partial charge is 0.316 e. The van der Waals surface area contributed by atoms with Gasteiger partial charge in [0.25, 0.3) is 5.91 Å². The average Bonchev–Trinajstić information content (AvgIpc) is 2.54. The van der Waals surface area contributed by atoms with Gasteiger partial charge in [-0.2, -0.15) is 0 Å². The summed E-state index contributed by atoms with van der Waals surface area (Å²) in [6, 6.07) is 13.5. The van der Waals surface area contributed by atoms with Crippen LogP contribution in [-0.2, 0) is 15.0 Å². The molecule has 0 spiro atoms. The van der Waals surface area contributed by atoms with E-state index >= 15 is 0 Å². The molecule has 0 fully saturated rings. The number of amides is 3. The van der Waals surface area contributed by atoms with Crippen molar-refractivity contribution in [3.63, 3.8) is 0 Å². The monoisotopic (exact) mass is 339 g/mol. The summed E-state index contributed by atoms with van der Waals surface area (Å²) in [5.74, 6) is -2.69. The van der Waals surface area contributed by atoms with E-state index in [0.717, 1.165) is 5.56 Å². The van der Waals surface area contributed by atoms with E-state index in [1.807, 2.05) is 17.4 Å². The summed E-state index contributed by atoms with van der Waals surface area (Å²) < 4.78 is 0. The zero-order chi connectivity index (χ0) is 18.6. The van der Waals surface area contributed by atoms with E-state index in [4.69, 9.17) is 5.73 Å². The molecule has 25 heavy (non-hydrogen) atoms. The summed E-state index contributed by atoms with van der Waals surface area (Å²) in [7, 11) is 0. The van der Waals surface area contributed by atoms with E-state index in [1.54, 1.807) is 24.3 Å². The molecule has 2 aromatic rings. The van der Waals surface area contributed by atoms with Crippen molar-refractivity contribution in [3.8, 4) is 0 Å². The molecule has 0 aliphatic rings. The van der Waals surface area contributed by atoms with Crippen molar-refractivity contribution in [1.29, 1.82) is 0 Å². The maximum absolute atomic E-state index is 12.0. The Balaban J connectivity index is 2.00.